The van der Waals surface area contributed by atoms with Crippen molar-refractivity contribution in [1.29, 1.82) is 0 Å². The Balaban J connectivity index is 0.00000200. The smallest absolute Gasteiger partial charge is 0.191 e. The molecule has 0 unspecified atom stereocenters. The lowest BCUT2D eigenvalue weighted by Gasteiger charge is -2.27. The van der Waals surface area contributed by atoms with Gasteiger partial charge in [0.1, 0.15) is 0 Å². The number of nitrogens with zero attached hydrogens (tertiary/aromatic N) is 2. The minimum atomic E-state index is 0. The van der Waals surface area contributed by atoms with Gasteiger partial charge in [0.25, 0.3) is 0 Å². The van der Waals surface area contributed by atoms with Crippen LogP contribution in [0.5, 0.6) is 0 Å². The fourth-order valence-corrected chi connectivity index (χ4v) is 3.47. The maximum absolute atomic E-state index is 6.06. The molecular weight excluding hydrogens is 401 g/mol. The number of halogens is 1. The molecule has 1 aliphatic heterocycles. The molecule has 2 rings (SSSR count). The number of benzene rings is 1. The summed E-state index contributed by atoms with van der Waals surface area (Å²) in [5.41, 5.74) is 8.65. The van der Waals surface area contributed by atoms with Gasteiger partial charge in [-0.15, -0.1) is 24.0 Å². The molecule has 1 aliphatic rings. The molecule has 1 saturated heterocycles. The fourth-order valence-electron chi connectivity index (χ4n) is 2.05. The Morgan fingerprint density at radius 3 is 2.75 bits per heavy atom. The van der Waals surface area contributed by atoms with Crippen molar-refractivity contribution in [3.63, 3.8) is 0 Å². The van der Waals surface area contributed by atoms with Crippen LogP contribution >= 0.6 is 47.5 Å². The summed E-state index contributed by atoms with van der Waals surface area (Å²) in [5, 5.41) is 0. The Hall–Kier alpha value is -0.0800. The fraction of sp³-hybridized carbons (Fsp3) is 0.500. The van der Waals surface area contributed by atoms with Gasteiger partial charge in [0, 0.05) is 30.3 Å². The van der Waals surface area contributed by atoms with Crippen LogP contribution in [0.3, 0.4) is 0 Å². The highest BCUT2D eigenvalue weighted by Crippen LogP contribution is 2.13. The maximum Gasteiger partial charge on any atom is 0.191 e. The zero-order valence-corrected chi connectivity index (χ0v) is 15.7. The van der Waals surface area contributed by atoms with E-state index < -0.39 is 0 Å². The molecule has 6 heteroatoms. The number of hydrogen-bond donors (Lipinski definition) is 1. The van der Waals surface area contributed by atoms with Crippen molar-refractivity contribution >= 4 is 53.5 Å². The van der Waals surface area contributed by atoms with Crippen molar-refractivity contribution in [1.82, 2.24) is 4.90 Å². The molecule has 1 aromatic rings. The Labute approximate surface area is 147 Å². The molecule has 0 atom stereocenters. The molecule has 1 aromatic carbocycles. The minimum Gasteiger partial charge on any atom is -0.370 e. The van der Waals surface area contributed by atoms with E-state index in [1.165, 1.54) is 11.1 Å². The van der Waals surface area contributed by atoms with Gasteiger partial charge in [-0.3, -0.25) is 0 Å². The van der Waals surface area contributed by atoms with Gasteiger partial charge in [0.2, 0.25) is 0 Å². The zero-order valence-electron chi connectivity index (χ0n) is 11.7. The summed E-state index contributed by atoms with van der Waals surface area (Å²) in [5.74, 6) is 4.05. The van der Waals surface area contributed by atoms with Gasteiger partial charge in [-0.2, -0.15) is 23.5 Å². The third-order valence-electron chi connectivity index (χ3n) is 3.06. The van der Waals surface area contributed by atoms with Gasteiger partial charge < -0.3 is 10.6 Å². The number of guanidine groups is 1. The van der Waals surface area contributed by atoms with Crippen LogP contribution in [0, 0.1) is 0 Å². The molecule has 20 heavy (non-hydrogen) atoms. The lowest BCUT2D eigenvalue weighted by molar-refractivity contribution is 0.455. The normalized spacial score (nSPS) is 15.8. The molecule has 0 aromatic heterocycles. The second-order valence-corrected chi connectivity index (χ2v) is 6.62. The van der Waals surface area contributed by atoms with E-state index >= 15 is 0 Å². The Kier molecular flexibility index (Phi) is 8.79. The average molecular weight is 423 g/mol. The number of aliphatic imine (C=N–C) groups is 1. The maximum atomic E-state index is 6.06. The summed E-state index contributed by atoms with van der Waals surface area (Å²) >= 11 is 3.82. The van der Waals surface area contributed by atoms with Gasteiger partial charge in [-0.25, -0.2) is 4.99 Å². The SMILES string of the molecule is CSCc1cccc(CN=C(N)N2CCSCC2)c1.I. The molecule has 0 radical (unpaired) electrons. The quantitative estimate of drug-likeness (QED) is 0.459. The standard InChI is InChI=1S/C14H21N3S2.HI/c1-18-11-13-4-2-3-12(9-13)10-16-14(15)17-5-7-19-8-6-17;/h2-4,9H,5-8,10-11H2,1H3,(H2,15,16);1H. The molecule has 0 amide bonds. The summed E-state index contributed by atoms with van der Waals surface area (Å²) in [7, 11) is 0. The van der Waals surface area contributed by atoms with Crippen molar-refractivity contribution < 1.29 is 0 Å². The number of hydrogen-bond acceptors (Lipinski definition) is 3. The van der Waals surface area contributed by atoms with Gasteiger partial charge in [0.05, 0.1) is 6.54 Å². The van der Waals surface area contributed by atoms with Crippen molar-refractivity contribution in [2.75, 3.05) is 30.9 Å². The minimum absolute atomic E-state index is 0. The molecule has 2 N–H and O–H groups in total. The van der Waals surface area contributed by atoms with Gasteiger partial charge in [-0.1, -0.05) is 24.3 Å². The third kappa shape index (κ3) is 5.73. The zero-order chi connectivity index (χ0) is 13.5. The molecule has 0 spiro atoms. The van der Waals surface area contributed by atoms with Crippen LogP contribution in [0.15, 0.2) is 29.3 Å². The van der Waals surface area contributed by atoms with E-state index in [0.717, 1.165) is 30.3 Å². The first-order valence-corrected chi connectivity index (χ1v) is 9.04. The molecule has 0 saturated carbocycles. The van der Waals surface area contributed by atoms with E-state index in [-0.39, 0.29) is 24.0 Å². The highest BCUT2D eigenvalue weighted by atomic mass is 127. The second-order valence-electron chi connectivity index (χ2n) is 4.53. The summed E-state index contributed by atoms with van der Waals surface area (Å²) < 4.78 is 0. The first-order valence-electron chi connectivity index (χ1n) is 6.49. The Morgan fingerprint density at radius 2 is 2.05 bits per heavy atom. The molecule has 3 nitrogen and oxygen atoms in total. The van der Waals surface area contributed by atoms with Gasteiger partial charge in [0.15, 0.2) is 5.96 Å². The number of nitrogens with two attached hydrogens (primary N) is 1. The Bertz CT molecular complexity index is 434. The summed E-state index contributed by atoms with van der Waals surface area (Å²) in [6.07, 6.45) is 2.12. The second kappa shape index (κ2) is 9.78. The van der Waals surface area contributed by atoms with Crippen LogP contribution in [0.4, 0.5) is 0 Å². The van der Waals surface area contributed by atoms with Crippen LogP contribution in [-0.4, -0.2) is 41.7 Å². The summed E-state index contributed by atoms with van der Waals surface area (Å²) in [6.45, 7) is 2.72. The molecule has 1 fully saturated rings. The molecule has 0 bridgehead atoms. The van der Waals surface area contributed by atoms with E-state index in [9.17, 15) is 0 Å². The first kappa shape index (κ1) is 18.0. The van der Waals surface area contributed by atoms with Crippen LogP contribution in [-0.2, 0) is 12.3 Å². The van der Waals surface area contributed by atoms with E-state index in [1.54, 1.807) is 0 Å². The van der Waals surface area contributed by atoms with Crippen LogP contribution < -0.4 is 5.73 Å². The first-order chi connectivity index (χ1) is 9.29. The van der Waals surface area contributed by atoms with Crippen LogP contribution in [0.2, 0.25) is 0 Å². The predicted molar refractivity (Wildman–Crippen MR) is 103 cm³/mol. The van der Waals surface area contributed by atoms with Crippen molar-refractivity contribution in [3.8, 4) is 0 Å². The van der Waals surface area contributed by atoms with Crippen molar-refractivity contribution in [2.45, 2.75) is 12.3 Å². The third-order valence-corrected chi connectivity index (χ3v) is 4.63. The largest absolute Gasteiger partial charge is 0.370 e. The highest BCUT2D eigenvalue weighted by Gasteiger charge is 2.11. The van der Waals surface area contributed by atoms with Crippen molar-refractivity contribution in [2.24, 2.45) is 10.7 Å². The van der Waals surface area contributed by atoms with E-state index in [4.69, 9.17) is 5.73 Å². The van der Waals surface area contributed by atoms with E-state index in [2.05, 4.69) is 40.4 Å². The molecular formula is C14H22IN3S2. The number of rotatable bonds is 4. The molecule has 0 aliphatic carbocycles. The van der Waals surface area contributed by atoms with E-state index in [0.29, 0.717) is 12.5 Å². The van der Waals surface area contributed by atoms with Crippen LogP contribution in [0.25, 0.3) is 0 Å². The Morgan fingerprint density at radius 1 is 1.35 bits per heavy atom. The topological polar surface area (TPSA) is 41.6 Å². The summed E-state index contributed by atoms with van der Waals surface area (Å²) in [4.78, 5) is 6.71. The number of thioether (sulfide) groups is 2. The van der Waals surface area contributed by atoms with Crippen molar-refractivity contribution in [3.05, 3.63) is 35.4 Å². The molecule has 112 valence electrons. The lowest BCUT2D eigenvalue weighted by atomic mass is 10.1. The van der Waals surface area contributed by atoms with Crippen LogP contribution in [0.1, 0.15) is 11.1 Å². The lowest BCUT2D eigenvalue weighted by Crippen LogP contribution is -2.42. The van der Waals surface area contributed by atoms with Gasteiger partial charge in [-0.05, 0) is 17.4 Å². The molecule has 1 heterocycles. The average Bonchev–Trinajstić information content (AvgIpc) is 2.46. The highest BCUT2D eigenvalue weighted by molar-refractivity contribution is 14.0. The summed E-state index contributed by atoms with van der Waals surface area (Å²) in [6, 6.07) is 8.60. The predicted octanol–water partition coefficient (Wildman–Crippen LogP) is 3.03. The van der Waals surface area contributed by atoms with Gasteiger partial charge >= 0.3 is 0 Å². The van der Waals surface area contributed by atoms with E-state index in [1.807, 2.05) is 23.5 Å². The monoisotopic (exact) mass is 423 g/mol.